The fourth-order valence-electron chi connectivity index (χ4n) is 5.46. The minimum Gasteiger partial charge on any atom is -0.397 e. The van der Waals surface area contributed by atoms with Crippen molar-refractivity contribution in [2.45, 2.75) is 0 Å². The number of benzene rings is 2. The van der Waals surface area contributed by atoms with Crippen LogP contribution in [0.25, 0.3) is 67.3 Å². The SMILES string of the molecule is N=c1c2[nH]c(cc2N)cc2ccc(cc3nc(cc4c(-c5ccccc5)c(N)c1n4N)C=C3)[nH]2.[Zn].c1ccc2ncccc2c1. The van der Waals surface area contributed by atoms with Gasteiger partial charge in [0.1, 0.15) is 10.9 Å². The molecule has 1 aliphatic heterocycles. The summed E-state index contributed by atoms with van der Waals surface area (Å²) in [5.74, 6) is 6.59. The summed E-state index contributed by atoms with van der Waals surface area (Å²) in [6, 6.07) is 33.4. The zero-order valence-corrected chi connectivity index (χ0v) is 27.3. The minimum absolute atomic E-state index is 0. The van der Waals surface area contributed by atoms with Gasteiger partial charge in [0.2, 0.25) is 0 Å². The zero-order valence-electron chi connectivity index (χ0n) is 24.3. The molecule has 0 unspecified atom stereocenters. The van der Waals surface area contributed by atoms with Crippen molar-refractivity contribution in [3.8, 4) is 11.1 Å². The third kappa shape index (κ3) is 5.67. The van der Waals surface area contributed by atoms with Crippen LogP contribution in [0.5, 0.6) is 0 Å². The number of nitrogens with two attached hydrogens (primary N) is 3. The van der Waals surface area contributed by atoms with E-state index in [1.807, 2.05) is 103 Å². The second-order valence-corrected chi connectivity index (χ2v) is 10.5. The quantitative estimate of drug-likeness (QED) is 0.0898. The van der Waals surface area contributed by atoms with Crippen LogP contribution in [0.3, 0.4) is 0 Å². The summed E-state index contributed by atoms with van der Waals surface area (Å²) in [4.78, 5) is 15.5. The van der Waals surface area contributed by atoms with Crippen LogP contribution in [0.4, 0.5) is 11.4 Å². The molecular weight excluding hydrogens is 612 g/mol. The maximum atomic E-state index is 8.97. The van der Waals surface area contributed by atoms with E-state index in [0.717, 1.165) is 44.6 Å². The number of aromatic nitrogens is 5. The van der Waals surface area contributed by atoms with Crippen molar-refractivity contribution in [3.05, 3.63) is 126 Å². The number of hydrogen-bond donors (Lipinski definition) is 6. The summed E-state index contributed by atoms with van der Waals surface area (Å²) in [6.07, 6.45) is 5.68. The van der Waals surface area contributed by atoms with Gasteiger partial charge < -0.3 is 27.3 Å². The number of rotatable bonds is 1. The van der Waals surface area contributed by atoms with Crippen LogP contribution in [0.15, 0.2) is 109 Å². The number of nitrogens with zero attached hydrogens (tertiary/aromatic N) is 3. The summed E-state index contributed by atoms with van der Waals surface area (Å²) in [5.41, 5.74) is 22.1. The van der Waals surface area contributed by atoms with E-state index in [1.165, 1.54) is 10.1 Å². The summed E-state index contributed by atoms with van der Waals surface area (Å²) in [6.45, 7) is 0. The van der Waals surface area contributed by atoms with Crippen molar-refractivity contribution in [1.29, 1.82) is 5.41 Å². The summed E-state index contributed by atoms with van der Waals surface area (Å²) in [5, 5.41) is 10.3. The molecule has 5 aromatic heterocycles. The predicted molar refractivity (Wildman–Crippen MR) is 181 cm³/mol. The number of aromatic amines is 2. The molecule has 0 fully saturated rings. The Morgan fingerprint density at radius 2 is 1.40 bits per heavy atom. The van der Waals surface area contributed by atoms with Crippen LogP contribution in [0, 0.1) is 5.41 Å². The average molecular weight is 641 g/mol. The van der Waals surface area contributed by atoms with Crippen LogP contribution in [-0.4, -0.2) is 24.6 Å². The van der Waals surface area contributed by atoms with Crippen LogP contribution < -0.4 is 22.7 Å². The summed E-state index contributed by atoms with van der Waals surface area (Å²) in [7, 11) is 0. The van der Waals surface area contributed by atoms with Crippen LogP contribution >= 0.6 is 0 Å². The molecule has 8 bridgehead atoms. The number of anilines is 2. The van der Waals surface area contributed by atoms with Gasteiger partial charge in [-0.05, 0) is 66.2 Å². The van der Waals surface area contributed by atoms with Crippen LogP contribution in [-0.2, 0) is 19.5 Å². The van der Waals surface area contributed by atoms with Gasteiger partial charge in [0.15, 0.2) is 0 Å². The van der Waals surface area contributed by atoms with E-state index < -0.39 is 0 Å². The first-order valence-corrected chi connectivity index (χ1v) is 14.0. The molecular formula is C35H29N9Zn. The molecule has 0 saturated carbocycles. The van der Waals surface area contributed by atoms with E-state index in [0.29, 0.717) is 27.9 Å². The van der Waals surface area contributed by atoms with E-state index in [4.69, 9.17) is 27.7 Å². The number of nitrogens with one attached hydrogen (secondary N) is 3. The molecule has 216 valence electrons. The maximum absolute atomic E-state index is 8.97. The van der Waals surface area contributed by atoms with Gasteiger partial charge in [-0.2, -0.15) is 0 Å². The largest absolute Gasteiger partial charge is 0.397 e. The average Bonchev–Trinajstić information content (AvgIpc) is 3.81. The molecule has 8 rings (SSSR count). The minimum atomic E-state index is 0. The molecule has 45 heavy (non-hydrogen) atoms. The first-order valence-electron chi connectivity index (χ1n) is 14.0. The predicted octanol–water partition coefficient (Wildman–Crippen LogP) is 6.43. The van der Waals surface area contributed by atoms with Gasteiger partial charge in [0.05, 0.1) is 39.3 Å². The third-order valence-electron chi connectivity index (χ3n) is 7.52. The Labute approximate surface area is 270 Å². The fourth-order valence-corrected chi connectivity index (χ4v) is 5.46. The van der Waals surface area contributed by atoms with E-state index in [2.05, 4.69) is 27.1 Å². The van der Waals surface area contributed by atoms with E-state index in [1.54, 1.807) is 6.07 Å². The molecule has 0 aliphatic carbocycles. The Morgan fingerprint density at radius 1 is 0.711 bits per heavy atom. The van der Waals surface area contributed by atoms with Gasteiger partial charge >= 0.3 is 0 Å². The van der Waals surface area contributed by atoms with E-state index in [-0.39, 0.29) is 24.8 Å². The van der Waals surface area contributed by atoms with Crippen LogP contribution in [0.1, 0.15) is 11.4 Å². The summed E-state index contributed by atoms with van der Waals surface area (Å²) < 4.78 is 1.45. The van der Waals surface area contributed by atoms with Gasteiger partial charge in [0.25, 0.3) is 0 Å². The fraction of sp³-hybridized carbons (Fsp3) is 0. The normalized spacial score (nSPS) is 11.2. The van der Waals surface area contributed by atoms with E-state index in [9.17, 15) is 0 Å². The van der Waals surface area contributed by atoms with Crippen LogP contribution in [0.2, 0.25) is 0 Å². The van der Waals surface area contributed by atoms with Gasteiger partial charge in [-0.25, -0.2) is 4.98 Å². The second-order valence-electron chi connectivity index (χ2n) is 10.5. The third-order valence-corrected chi connectivity index (χ3v) is 7.52. The molecule has 1 aliphatic rings. The maximum Gasteiger partial charge on any atom is 0.113 e. The molecule has 0 atom stereocenters. The van der Waals surface area contributed by atoms with Crippen molar-refractivity contribution >= 4 is 67.5 Å². The van der Waals surface area contributed by atoms with Gasteiger partial charge in [-0.15, -0.1) is 0 Å². The molecule has 6 heterocycles. The smallest absolute Gasteiger partial charge is 0.113 e. The number of pyridine rings is 1. The van der Waals surface area contributed by atoms with Crippen molar-refractivity contribution in [1.82, 2.24) is 24.6 Å². The molecule has 2 aromatic carbocycles. The van der Waals surface area contributed by atoms with Crippen molar-refractivity contribution in [2.75, 3.05) is 17.3 Å². The number of H-pyrrole nitrogens is 2. The van der Waals surface area contributed by atoms with Gasteiger partial charge in [0, 0.05) is 53.2 Å². The molecule has 0 amide bonds. The molecule has 7 aromatic rings. The first-order chi connectivity index (χ1) is 21.4. The molecule has 0 radical (unpaired) electrons. The molecule has 9 N–H and O–H groups in total. The summed E-state index contributed by atoms with van der Waals surface area (Å²) >= 11 is 0. The number of para-hydroxylation sites is 1. The van der Waals surface area contributed by atoms with E-state index >= 15 is 0 Å². The van der Waals surface area contributed by atoms with Crippen molar-refractivity contribution < 1.29 is 19.5 Å². The Morgan fingerprint density at radius 3 is 2.18 bits per heavy atom. The topological polar surface area (TPSA) is 164 Å². The Kier molecular flexibility index (Phi) is 7.90. The monoisotopic (exact) mass is 639 g/mol. The number of fused-ring (bicyclic) bond motifs is 9. The Hall–Kier alpha value is -5.73. The number of nitrogen functional groups attached to an aromatic ring is 3. The molecule has 9 nitrogen and oxygen atoms in total. The van der Waals surface area contributed by atoms with Crippen molar-refractivity contribution in [2.24, 2.45) is 0 Å². The zero-order chi connectivity index (χ0) is 30.2. The number of hydrogen-bond acceptors (Lipinski definition) is 6. The standard InChI is InChI=1S/C26H22N8.C9H7N.Zn/c27-20-12-19-11-17-7-6-15(31-17)10-16-8-9-18(32-16)13-21-22(14-4-2-1-3-5-14)23(28)26(34(21)30)24(29)25(20)33-19;1-2-6-9-8(4-1)5-3-7-10-9;/h1-13,29,31,33H,27-28,30H2;1-7H;. The van der Waals surface area contributed by atoms with Gasteiger partial charge in [-0.1, -0.05) is 54.6 Å². The first kappa shape index (κ1) is 29.3. The Bertz CT molecular complexity index is 2340. The second kappa shape index (κ2) is 12.1. The molecule has 10 heteroatoms. The van der Waals surface area contributed by atoms with Crippen molar-refractivity contribution in [3.63, 3.8) is 0 Å². The van der Waals surface area contributed by atoms with Gasteiger partial charge in [-0.3, -0.25) is 15.1 Å². The molecule has 0 spiro atoms. The molecule has 0 saturated heterocycles. The Balaban J connectivity index is 0.000000276.